The van der Waals surface area contributed by atoms with Crippen LogP contribution in [0.5, 0.6) is 0 Å². The molecule has 2 aliphatic rings. The molecule has 7 nitrogen and oxygen atoms in total. The van der Waals surface area contributed by atoms with Crippen LogP contribution in [0.1, 0.15) is 42.4 Å². The third-order valence-corrected chi connectivity index (χ3v) is 6.25. The zero-order chi connectivity index (χ0) is 19.3. The number of rotatable bonds is 3. The Labute approximate surface area is 161 Å². The van der Waals surface area contributed by atoms with Crippen molar-refractivity contribution in [3.8, 4) is 0 Å². The van der Waals surface area contributed by atoms with Crippen LogP contribution in [0.3, 0.4) is 0 Å². The van der Waals surface area contributed by atoms with Crippen molar-refractivity contribution < 1.29 is 19.4 Å². The van der Waals surface area contributed by atoms with Gasteiger partial charge in [-0.05, 0) is 33.3 Å². The van der Waals surface area contributed by atoms with Crippen LogP contribution in [0.2, 0.25) is 0 Å². The number of piperazine rings is 1. The van der Waals surface area contributed by atoms with Gasteiger partial charge in [-0.3, -0.25) is 4.90 Å². The van der Waals surface area contributed by atoms with Crippen LogP contribution in [0.25, 0.3) is 10.2 Å². The number of amides is 1. The zero-order valence-electron chi connectivity index (χ0n) is 15.6. The Morgan fingerprint density at radius 2 is 2.11 bits per heavy atom. The maximum atomic E-state index is 12.4. The Bertz CT molecular complexity index is 904. The largest absolute Gasteiger partial charge is 0.477 e. The van der Waals surface area contributed by atoms with Gasteiger partial charge in [-0.1, -0.05) is 6.07 Å². The number of ether oxygens (including phenoxy) is 1. The van der Waals surface area contributed by atoms with Gasteiger partial charge in [-0.15, -0.1) is 11.3 Å². The third kappa shape index (κ3) is 3.39. The molecule has 0 saturated carbocycles. The standard InChI is InChI=1S/C19H23N3O4S/c1-19(2,3)26-18(25)22-9-11-7-12(22)8-21(11)10-14-13-5-4-6-20-16(13)27-15(14)17(23)24/h4-6,11-12H,7-10H2,1-3H3,(H,23,24)/t11-,12-/m1/s1. The predicted molar refractivity (Wildman–Crippen MR) is 102 cm³/mol. The first-order chi connectivity index (χ1) is 12.7. The van der Waals surface area contributed by atoms with Gasteiger partial charge < -0.3 is 14.7 Å². The third-order valence-electron chi connectivity index (χ3n) is 5.11. The molecule has 0 spiro atoms. The molecule has 0 radical (unpaired) electrons. The Balaban J connectivity index is 1.51. The minimum absolute atomic E-state index is 0.126. The number of pyridine rings is 1. The fraction of sp³-hybridized carbons (Fsp3) is 0.526. The Morgan fingerprint density at radius 3 is 2.74 bits per heavy atom. The summed E-state index contributed by atoms with van der Waals surface area (Å²) >= 11 is 1.23. The summed E-state index contributed by atoms with van der Waals surface area (Å²) < 4.78 is 5.51. The quantitative estimate of drug-likeness (QED) is 0.868. The van der Waals surface area contributed by atoms with Crippen molar-refractivity contribution in [2.24, 2.45) is 0 Å². The molecule has 4 rings (SSSR count). The number of carbonyl (C=O) groups excluding carboxylic acids is 1. The van der Waals surface area contributed by atoms with Crippen molar-refractivity contribution in [1.29, 1.82) is 0 Å². The molecule has 2 saturated heterocycles. The number of aromatic nitrogens is 1. The zero-order valence-corrected chi connectivity index (χ0v) is 16.5. The lowest BCUT2D eigenvalue weighted by molar-refractivity contribution is 0.0124. The van der Waals surface area contributed by atoms with Gasteiger partial charge in [0.2, 0.25) is 0 Å². The number of fused-ring (bicyclic) bond motifs is 3. The van der Waals surface area contributed by atoms with E-state index >= 15 is 0 Å². The maximum Gasteiger partial charge on any atom is 0.410 e. The van der Waals surface area contributed by atoms with E-state index in [1.165, 1.54) is 11.3 Å². The lowest BCUT2D eigenvalue weighted by atomic mass is 10.1. The topological polar surface area (TPSA) is 83.0 Å². The van der Waals surface area contributed by atoms with Crippen molar-refractivity contribution in [2.75, 3.05) is 13.1 Å². The second-order valence-electron chi connectivity index (χ2n) is 8.18. The number of carbonyl (C=O) groups is 2. The molecule has 2 aliphatic heterocycles. The van der Waals surface area contributed by atoms with Crippen LogP contribution in [-0.2, 0) is 11.3 Å². The van der Waals surface area contributed by atoms with Gasteiger partial charge in [0.1, 0.15) is 15.3 Å². The van der Waals surface area contributed by atoms with Crippen LogP contribution < -0.4 is 0 Å². The van der Waals surface area contributed by atoms with E-state index in [1.807, 2.05) is 37.8 Å². The molecule has 2 aromatic rings. The highest BCUT2D eigenvalue weighted by Crippen LogP contribution is 2.36. The second kappa shape index (κ2) is 6.45. The number of nitrogens with zero attached hydrogens (tertiary/aromatic N) is 3. The molecule has 0 aliphatic carbocycles. The maximum absolute atomic E-state index is 12.4. The molecule has 1 N–H and O–H groups in total. The number of likely N-dealkylation sites (tertiary alicyclic amines) is 2. The summed E-state index contributed by atoms with van der Waals surface area (Å²) in [5.41, 5.74) is 0.324. The molecule has 8 heteroatoms. The van der Waals surface area contributed by atoms with Crippen LogP contribution in [-0.4, -0.2) is 62.7 Å². The average Bonchev–Trinajstić information content (AvgIpc) is 3.26. The summed E-state index contributed by atoms with van der Waals surface area (Å²) in [6.07, 6.45) is 2.33. The smallest absolute Gasteiger partial charge is 0.410 e. The SMILES string of the molecule is CC(C)(C)OC(=O)N1C[C@H]2C[C@@H]1CN2Cc1c(C(=O)O)sc2ncccc12. The molecule has 2 bridgehead atoms. The Kier molecular flexibility index (Phi) is 4.35. The van der Waals surface area contributed by atoms with E-state index in [9.17, 15) is 14.7 Å². The highest BCUT2D eigenvalue weighted by molar-refractivity contribution is 7.20. The predicted octanol–water partition coefficient (Wildman–Crippen LogP) is 3.19. The molecular formula is C19H23N3O4S. The fourth-order valence-electron chi connectivity index (χ4n) is 4.00. The Hall–Kier alpha value is -2.19. The van der Waals surface area contributed by atoms with Crippen molar-refractivity contribution in [3.63, 3.8) is 0 Å². The summed E-state index contributed by atoms with van der Waals surface area (Å²) in [6.45, 7) is 7.54. The van der Waals surface area contributed by atoms with E-state index in [2.05, 4.69) is 9.88 Å². The number of aromatic carboxylic acids is 1. The molecule has 27 heavy (non-hydrogen) atoms. The summed E-state index contributed by atoms with van der Waals surface area (Å²) in [5, 5.41) is 10.5. The first-order valence-corrected chi connectivity index (χ1v) is 9.88. The van der Waals surface area contributed by atoms with Gasteiger partial charge in [0, 0.05) is 48.9 Å². The van der Waals surface area contributed by atoms with Crippen LogP contribution >= 0.6 is 11.3 Å². The first kappa shape index (κ1) is 18.2. The van der Waals surface area contributed by atoms with E-state index < -0.39 is 11.6 Å². The number of thiophene rings is 1. The van der Waals surface area contributed by atoms with Gasteiger partial charge >= 0.3 is 12.1 Å². The lowest BCUT2D eigenvalue weighted by Gasteiger charge is -2.35. The normalized spacial score (nSPS) is 22.6. The number of carboxylic acid groups (broad SMARTS) is 1. The van der Waals surface area contributed by atoms with Gasteiger partial charge in [0.05, 0.1) is 0 Å². The fourth-order valence-corrected chi connectivity index (χ4v) is 5.00. The van der Waals surface area contributed by atoms with Gasteiger partial charge in [-0.2, -0.15) is 0 Å². The minimum atomic E-state index is -0.910. The summed E-state index contributed by atoms with van der Waals surface area (Å²) in [4.78, 5) is 33.6. The van der Waals surface area contributed by atoms with Crippen LogP contribution in [0, 0.1) is 0 Å². The van der Waals surface area contributed by atoms with Gasteiger partial charge in [-0.25, -0.2) is 14.6 Å². The van der Waals surface area contributed by atoms with Crippen LogP contribution in [0.4, 0.5) is 4.79 Å². The van der Waals surface area contributed by atoms with Gasteiger partial charge in [0.25, 0.3) is 0 Å². The lowest BCUT2D eigenvalue weighted by Crippen LogP contribution is -2.49. The minimum Gasteiger partial charge on any atom is -0.477 e. The first-order valence-electron chi connectivity index (χ1n) is 9.06. The number of hydrogen-bond acceptors (Lipinski definition) is 6. The van der Waals surface area contributed by atoms with Crippen molar-refractivity contribution >= 4 is 33.6 Å². The van der Waals surface area contributed by atoms with Crippen molar-refractivity contribution in [3.05, 3.63) is 28.8 Å². The molecule has 2 fully saturated rings. The molecule has 144 valence electrons. The molecule has 2 aromatic heterocycles. The summed E-state index contributed by atoms with van der Waals surface area (Å²) in [5.74, 6) is -0.910. The van der Waals surface area contributed by atoms with E-state index in [-0.39, 0.29) is 18.2 Å². The number of hydrogen-bond donors (Lipinski definition) is 1. The molecular weight excluding hydrogens is 366 g/mol. The molecule has 0 unspecified atom stereocenters. The van der Waals surface area contributed by atoms with E-state index in [4.69, 9.17) is 4.74 Å². The van der Waals surface area contributed by atoms with E-state index in [0.717, 1.165) is 28.7 Å². The number of carboxylic acids is 1. The molecule has 2 atom stereocenters. The molecule has 0 aromatic carbocycles. The highest BCUT2D eigenvalue weighted by Gasteiger charge is 2.46. The van der Waals surface area contributed by atoms with Crippen molar-refractivity contribution in [1.82, 2.24) is 14.8 Å². The van der Waals surface area contributed by atoms with Crippen LogP contribution in [0.15, 0.2) is 18.3 Å². The van der Waals surface area contributed by atoms with Gasteiger partial charge in [0.15, 0.2) is 0 Å². The monoisotopic (exact) mass is 389 g/mol. The summed E-state index contributed by atoms with van der Waals surface area (Å²) in [7, 11) is 0. The van der Waals surface area contributed by atoms with E-state index in [1.54, 1.807) is 6.20 Å². The van der Waals surface area contributed by atoms with E-state index in [0.29, 0.717) is 18.0 Å². The summed E-state index contributed by atoms with van der Waals surface area (Å²) in [6, 6.07) is 4.13. The molecule has 4 heterocycles. The second-order valence-corrected chi connectivity index (χ2v) is 9.18. The highest BCUT2D eigenvalue weighted by atomic mass is 32.1. The van der Waals surface area contributed by atoms with Crippen molar-refractivity contribution in [2.45, 2.75) is 51.4 Å². The Morgan fingerprint density at radius 1 is 1.33 bits per heavy atom. The average molecular weight is 389 g/mol. The molecule has 1 amide bonds.